The first kappa shape index (κ1) is 13.7. The molecular formula is C10H19F3N2O. The number of halogens is 3. The summed E-state index contributed by atoms with van der Waals surface area (Å²) in [6.07, 6.45) is -3.14. The quantitative estimate of drug-likeness (QED) is 0.732. The summed E-state index contributed by atoms with van der Waals surface area (Å²) in [5.41, 5.74) is 0. The Kier molecular flexibility index (Phi) is 5.51. The second-order valence-electron chi connectivity index (χ2n) is 3.96. The molecule has 0 aromatic carbocycles. The van der Waals surface area contributed by atoms with Gasteiger partial charge < -0.3 is 10.1 Å². The standard InChI is InChI=1S/C10H19F3N2O/c1-2-9-7-16-6-5-15(9)4-3-14-8-10(11,12)13/h9,14H,2-8H2,1H3. The van der Waals surface area contributed by atoms with Crippen LogP contribution in [-0.4, -0.2) is 56.5 Å². The SMILES string of the molecule is CCC1COCCN1CCNCC(F)(F)F. The molecule has 6 heteroatoms. The van der Waals surface area contributed by atoms with E-state index in [1.54, 1.807) is 0 Å². The number of nitrogens with one attached hydrogen (secondary N) is 1. The highest BCUT2D eigenvalue weighted by Gasteiger charge is 2.26. The molecule has 1 N–H and O–H groups in total. The van der Waals surface area contributed by atoms with E-state index in [1.807, 2.05) is 0 Å². The van der Waals surface area contributed by atoms with Gasteiger partial charge in [-0.15, -0.1) is 0 Å². The molecule has 1 rings (SSSR count). The van der Waals surface area contributed by atoms with Gasteiger partial charge in [0.1, 0.15) is 0 Å². The molecular weight excluding hydrogens is 221 g/mol. The maximum absolute atomic E-state index is 11.9. The van der Waals surface area contributed by atoms with Gasteiger partial charge in [-0.05, 0) is 6.42 Å². The summed E-state index contributed by atoms with van der Waals surface area (Å²) >= 11 is 0. The van der Waals surface area contributed by atoms with E-state index in [9.17, 15) is 13.2 Å². The molecule has 0 aromatic rings. The predicted molar refractivity (Wildman–Crippen MR) is 55.4 cm³/mol. The Labute approximate surface area is 93.9 Å². The van der Waals surface area contributed by atoms with Crippen molar-refractivity contribution in [3.8, 4) is 0 Å². The van der Waals surface area contributed by atoms with Crippen LogP contribution >= 0.6 is 0 Å². The predicted octanol–water partition coefficient (Wildman–Crippen LogP) is 1.25. The largest absolute Gasteiger partial charge is 0.401 e. The first-order valence-electron chi connectivity index (χ1n) is 5.62. The Morgan fingerprint density at radius 3 is 2.81 bits per heavy atom. The third-order valence-corrected chi connectivity index (χ3v) is 2.72. The number of hydrogen-bond acceptors (Lipinski definition) is 3. The van der Waals surface area contributed by atoms with Gasteiger partial charge in [-0.1, -0.05) is 6.92 Å². The van der Waals surface area contributed by atoms with Crippen molar-refractivity contribution in [1.29, 1.82) is 0 Å². The molecule has 16 heavy (non-hydrogen) atoms. The van der Waals surface area contributed by atoms with E-state index in [-0.39, 0.29) is 0 Å². The maximum Gasteiger partial charge on any atom is 0.401 e. The number of nitrogens with zero attached hydrogens (tertiary/aromatic N) is 1. The lowest BCUT2D eigenvalue weighted by Gasteiger charge is -2.35. The van der Waals surface area contributed by atoms with Crippen LogP contribution in [-0.2, 0) is 4.74 Å². The van der Waals surface area contributed by atoms with E-state index in [4.69, 9.17) is 4.74 Å². The van der Waals surface area contributed by atoms with Gasteiger partial charge in [-0.25, -0.2) is 0 Å². The van der Waals surface area contributed by atoms with Gasteiger partial charge in [0.05, 0.1) is 19.8 Å². The topological polar surface area (TPSA) is 24.5 Å². The van der Waals surface area contributed by atoms with Crippen LogP contribution in [0.5, 0.6) is 0 Å². The summed E-state index contributed by atoms with van der Waals surface area (Å²) in [6, 6.07) is 0.349. The minimum atomic E-state index is -4.12. The summed E-state index contributed by atoms with van der Waals surface area (Å²) in [6.45, 7) is 4.36. The van der Waals surface area contributed by atoms with Gasteiger partial charge >= 0.3 is 6.18 Å². The Hall–Kier alpha value is -0.330. The van der Waals surface area contributed by atoms with Crippen molar-refractivity contribution in [1.82, 2.24) is 10.2 Å². The molecule has 0 radical (unpaired) electrons. The summed E-state index contributed by atoms with van der Waals surface area (Å²) in [4.78, 5) is 2.19. The maximum atomic E-state index is 11.9. The third-order valence-electron chi connectivity index (χ3n) is 2.72. The molecule has 1 heterocycles. The number of morpholine rings is 1. The molecule has 0 bridgehead atoms. The summed E-state index contributed by atoms with van der Waals surface area (Å²) in [5, 5.41) is 2.41. The van der Waals surface area contributed by atoms with Crippen LogP contribution in [0.15, 0.2) is 0 Å². The summed E-state index contributed by atoms with van der Waals surface area (Å²) in [7, 11) is 0. The molecule has 1 aliphatic heterocycles. The molecule has 1 aliphatic rings. The highest BCUT2D eigenvalue weighted by atomic mass is 19.4. The fourth-order valence-corrected chi connectivity index (χ4v) is 1.81. The molecule has 0 aliphatic carbocycles. The molecule has 3 nitrogen and oxygen atoms in total. The average molecular weight is 240 g/mol. The highest BCUT2D eigenvalue weighted by molar-refractivity contribution is 4.74. The van der Waals surface area contributed by atoms with E-state index < -0.39 is 12.7 Å². The molecule has 1 atom stereocenters. The first-order chi connectivity index (χ1) is 7.53. The highest BCUT2D eigenvalue weighted by Crippen LogP contribution is 2.12. The summed E-state index contributed by atoms with van der Waals surface area (Å²) in [5.74, 6) is 0. The van der Waals surface area contributed by atoms with E-state index in [2.05, 4.69) is 17.1 Å². The smallest absolute Gasteiger partial charge is 0.378 e. The van der Waals surface area contributed by atoms with Crippen molar-refractivity contribution in [2.24, 2.45) is 0 Å². The lowest BCUT2D eigenvalue weighted by Crippen LogP contribution is -2.48. The van der Waals surface area contributed by atoms with Crippen molar-refractivity contribution in [2.75, 3.05) is 39.4 Å². The fraction of sp³-hybridized carbons (Fsp3) is 1.00. The second kappa shape index (κ2) is 6.42. The minimum absolute atomic E-state index is 0.349. The molecule has 0 aromatic heterocycles. The van der Waals surface area contributed by atoms with Crippen molar-refractivity contribution in [3.05, 3.63) is 0 Å². The van der Waals surface area contributed by atoms with Gasteiger partial charge in [-0.2, -0.15) is 13.2 Å². The minimum Gasteiger partial charge on any atom is -0.378 e. The average Bonchev–Trinajstić information content (AvgIpc) is 2.23. The fourth-order valence-electron chi connectivity index (χ4n) is 1.81. The number of ether oxygens (including phenoxy) is 1. The number of hydrogen-bond donors (Lipinski definition) is 1. The van der Waals surface area contributed by atoms with Crippen LogP contribution in [0.2, 0.25) is 0 Å². The van der Waals surface area contributed by atoms with Gasteiger partial charge in [0.2, 0.25) is 0 Å². The molecule has 1 unspecified atom stereocenters. The van der Waals surface area contributed by atoms with Crippen LogP contribution < -0.4 is 5.32 Å². The summed E-state index contributed by atoms with van der Waals surface area (Å²) < 4.78 is 40.9. The zero-order valence-electron chi connectivity index (χ0n) is 9.52. The van der Waals surface area contributed by atoms with Crippen LogP contribution in [0.25, 0.3) is 0 Å². The van der Waals surface area contributed by atoms with Crippen molar-refractivity contribution in [3.63, 3.8) is 0 Å². The second-order valence-corrected chi connectivity index (χ2v) is 3.96. The normalized spacial score (nSPS) is 23.6. The van der Waals surface area contributed by atoms with E-state index in [0.29, 0.717) is 32.3 Å². The molecule has 0 saturated carbocycles. The molecule has 0 spiro atoms. The van der Waals surface area contributed by atoms with Crippen LogP contribution in [0.3, 0.4) is 0 Å². The Balaban J connectivity index is 2.15. The Bertz CT molecular complexity index is 199. The van der Waals surface area contributed by atoms with Crippen molar-refractivity contribution < 1.29 is 17.9 Å². The van der Waals surface area contributed by atoms with Crippen LogP contribution in [0.4, 0.5) is 13.2 Å². The monoisotopic (exact) mass is 240 g/mol. The Morgan fingerprint density at radius 1 is 1.44 bits per heavy atom. The van der Waals surface area contributed by atoms with Gasteiger partial charge in [-0.3, -0.25) is 4.90 Å². The lowest BCUT2D eigenvalue weighted by molar-refractivity contribution is -0.125. The number of rotatable bonds is 5. The third kappa shape index (κ3) is 5.14. The van der Waals surface area contributed by atoms with Crippen LogP contribution in [0, 0.1) is 0 Å². The molecule has 96 valence electrons. The lowest BCUT2D eigenvalue weighted by atomic mass is 10.2. The van der Waals surface area contributed by atoms with E-state index in [1.165, 1.54) is 0 Å². The van der Waals surface area contributed by atoms with Gasteiger partial charge in [0.25, 0.3) is 0 Å². The van der Waals surface area contributed by atoms with E-state index >= 15 is 0 Å². The van der Waals surface area contributed by atoms with Gasteiger partial charge in [0.15, 0.2) is 0 Å². The zero-order valence-corrected chi connectivity index (χ0v) is 9.52. The van der Waals surface area contributed by atoms with Gasteiger partial charge in [0, 0.05) is 25.7 Å². The number of alkyl halides is 3. The molecule has 1 fully saturated rings. The first-order valence-corrected chi connectivity index (χ1v) is 5.62. The zero-order chi connectivity index (χ0) is 12.0. The van der Waals surface area contributed by atoms with Crippen molar-refractivity contribution in [2.45, 2.75) is 25.6 Å². The van der Waals surface area contributed by atoms with E-state index in [0.717, 1.165) is 13.0 Å². The van der Waals surface area contributed by atoms with Crippen LogP contribution in [0.1, 0.15) is 13.3 Å². The molecule has 0 amide bonds. The molecule has 1 saturated heterocycles. The van der Waals surface area contributed by atoms with Crippen molar-refractivity contribution >= 4 is 0 Å². The Morgan fingerprint density at radius 2 is 2.19 bits per heavy atom.